The maximum atomic E-state index is 13.2. The number of carboxylic acid groups (broad SMARTS) is 1. The standard InChI is InChI=1S/C17H15F6NO.C5H8O2/c1-2-10-7-11(8-14(15(10)24)25-9-16(18,19)20)12-5-3-4-6-13(12)17(21,22)23;6-5(7)4-2-1-3-4/h3-8H,2,9,24H2,1H3;4H,1-3H2,(H,6,7). The van der Waals surface area contributed by atoms with E-state index in [0.717, 1.165) is 31.4 Å². The molecular weight excluding hydrogens is 440 g/mol. The highest BCUT2D eigenvalue weighted by Gasteiger charge is 2.34. The number of hydrogen-bond donors (Lipinski definition) is 2. The minimum Gasteiger partial charge on any atom is -0.482 e. The molecule has 176 valence electrons. The molecule has 0 aliphatic heterocycles. The molecule has 0 spiro atoms. The summed E-state index contributed by atoms with van der Waals surface area (Å²) >= 11 is 0. The van der Waals surface area contributed by atoms with Crippen LogP contribution >= 0.6 is 0 Å². The van der Waals surface area contributed by atoms with Gasteiger partial charge in [-0.1, -0.05) is 31.5 Å². The van der Waals surface area contributed by atoms with Crippen LogP contribution in [0.25, 0.3) is 11.1 Å². The molecule has 0 amide bonds. The van der Waals surface area contributed by atoms with E-state index in [1.54, 1.807) is 6.92 Å². The van der Waals surface area contributed by atoms with Gasteiger partial charge in [0.15, 0.2) is 6.61 Å². The summed E-state index contributed by atoms with van der Waals surface area (Å²) in [4.78, 5) is 9.98. The molecule has 1 fully saturated rings. The molecule has 2 aromatic rings. The molecule has 3 rings (SSSR count). The number of alkyl halides is 6. The molecule has 10 heteroatoms. The van der Waals surface area contributed by atoms with Gasteiger partial charge in [0.2, 0.25) is 0 Å². The molecule has 0 bridgehead atoms. The fourth-order valence-electron chi connectivity index (χ4n) is 3.05. The van der Waals surface area contributed by atoms with Crippen LogP contribution < -0.4 is 10.5 Å². The normalized spacial score (nSPS) is 14.2. The van der Waals surface area contributed by atoms with E-state index in [1.165, 1.54) is 24.3 Å². The molecule has 32 heavy (non-hydrogen) atoms. The highest BCUT2D eigenvalue weighted by atomic mass is 19.4. The fourth-order valence-corrected chi connectivity index (χ4v) is 3.05. The molecule has 1 saturated carbocycles. The minimum atomic E-state index is -4.60. The second-order valence-corrected chi connectivity index (χ2v) is 7.31. The number of aliphatic carboxylic acids is 1. The molecule has 0 heterocycles. The largest absolute Gasteiger partial charge is 0.482 e. The Bertz CT molecular complexity index is 936. The molecule has 0 unspecified atom stereocenters. The topological polar surface area (TPSA) is 72.5 Å². The zero-order chi connectivity index (χ0) is 24.1. The van der Waals surface area contributed by atoms with Crippen LogP contribution in [-0.2, 0) is 17.4 Å². The third kappa shape index (κ3) is 6.80. The highest BCUT2D eigenvalue weighted by Crippen LogP contribution is 2.40. The average molecular weight is 463 g/mol. The third-order valence-corrected chi connectivity index (χ3v) is 5.00. The van der Waals surface area contributed by atoms with Crippen molar-refractivity contribution in [3.63, 3.8) is 0 Å². The van der Waals surface area contributed by atoms with Gasteiger partial charge in [0.05, 0.1) is 17.2 Å². The van der Waals surface area contributed by atoms with Crippen LogP contribution in [0.3, 0.4) is 0 Å². The lowest BCUT2D eigenvalue weighted by atomic mass is 9.86. The molecule has 1 aliphatic rings. The molecule has 3 N–H and O–H groups in total. The predicted molar refractivity (Wildman–Crippen MR) is 107 cm³/mol. The van der Waals surface area contributed by atoms with Crippen molar-refractivity contribution in [2.45, 2.75) is 45.0 Å². The lowest BCUT2D eigenvalue weighted by molar-refractivity contribution is -0.153. The highest BCUT2D eigenvalue weighted by molar-refractivity contribution is 5.75. The Hall–Kier alpha value is -2.91. The van der Waals surface area contributed by atoms with Crippen molar-refractivity contribution in [2.24, 2.45) is 5.92 Å². The zero-order valence-corrected chi connectivity index (χ0v) is 17.2. The van der Waals surface area contributed by atoms with Gasteiger partial charge in [-0.15, -0.1) is 0 Å². The Kier molecular flexibility index (Phi) is 8.03. The molecule has 0 radical (unpaired) electrons. The second-order valence-electron chi connectivity index (χ2n) is 7.31. The maximum Gasteiger partial charge on any atom is 0.422 e. The monoisotopic (exact) mass is 463 g/mol. The van der Waals surface area contributed by atoms with Crippen LogP contribution in [0.5, 0.6) is 5.75 Å². The van der Waals surface area contributed by atoms with Gasteiger partial charge in [-0.05, 0) is 54.2 Å². The van der Waals surface area contributed by atoms with Gasteiger partial charge in [0.1, 0.15) is 5.75 Å². The van der Waals surface area contributed by atoms with Gasteiger partial charge in [-0.3, -0.25) is 4.79 Å². The van der Waals surface area contributed by atoms with Crippen molar-refractivity contribution in [3.05, 3.63) is 47.5 Å². The van der Waals surface area contributed by atoms with E-state index in [4.69, 9.17) is 15.6 Å². The Balaban J connectivity index is 0.000000439. The van der Waals surface area contributed by atoms with Crippen molar-refractivity contribution in [1.29, 1.82) is 0 Å². The zero-order valence-electron chi connectivity index (χ0n) is 17.2. The van der Waals surface area contributed by atoms with Gasteiger partial charge < -0.3 is 15.6 Å². The fraction of sp³-hybridized carbons (Fsp3) is 0.409. The number of carboxylic acids is 1. The van der Waals surface area contributed by atoms with Crippen LogP contribution in [0.4, 0.5) is 32.0 Å². The van der Waals surface area contributed by atoms with E-state index in [-0.39, 0.29) is 28.5 Å². The molecule has 4 nitrogen and oxygen atoms in total. The summed E-state index contributed by atoms with van der Waals surface area (Å²) < 4.78 is 81.4. The number of hydrogen-bond acceptors (Lipinski definition) is 3. The third-order valence-electron chi connectivity index (χ3n) is 5.00. The minimum absolute atomic E-state index is 0.000000000000000444. The van der Waals surface area contributed by atoms with Crippen LogP contribution in [0, 0.1) is 5.92 Å². The van der Waals surface area contributed by atoms with Crippen LogP contribution in [-0.4, -0.2) is 23.9 Å². The van der Waals surface area contributed by atoms with Crippen LogP contribution in [0.15, 0.2) is 36.4 Å². The van der Waals surface area contributed by atoms with E-state index < -0.39 is 30.5 Å². The first-order valence-corrected chi connectivity index (χ1v) is 9.84. The SMILES string of the molecule is CCc1cc(-c2ccccc2C(F)(F)F)cc(OCC(F)(F)F)c1N.O=C(O)C1CCC1. The van der Waals surface area contributed by atoms with Gasteiger partial charge in [-0.25, -0.2) is 0 Å². The molecule has 0 atom stereocenters. The van der Waals surface area contributed by atoms with E-state index in [1.807, 2.05) is 0 Å². The lowest BCUT2D eigenvalue weighted by Crippen LogP contribution is -2.20. The number of nitrogens with two attached hydrogens (primary N) is 1. The number of rotatable bonds is 5. The summed E-state index contributed by atoms with van der Waals surface area (Å²) in [6, 6.07) is 7.36. The van der Waals surface area contributed by atoms with Gasteiger partial charge >= 0.3 is 18.3 Å². The number of anilines is 1. The van der Waals surface area contributed by atoms with Gasteiger partial charge in [0.25, 0.3) is 0 Å². The Morgan fingerprint density at radius 2 is 1.75 bits per heavy atom. The first-order valence-electron chi connectivity index (χ1n) is 9.84. The number of nitrogen functional groups attached to an aromatic ring is 1. The number of halogens is 6. The van der Waals surface area contributed by atoms with E-state index >= 15 is 0 Å². The van der Waals surface area contributed by atoms with E-state index in [9.17, 15) is 31.1 Å². The average Bonchev–Trinajstić information content (AvgIpc) is 2.64. The quantitative estimate of drug-likeness (QED) is 0.402. The Labute approximate surface area is 181 Å². The van der Waals surface area contributed by atoms with E-state index in [0.29, 0.717) is 12.0 Å². The Morgan fingerprint density at radius 3 is 2.19 bits per heavy atom. The second kappa shape index (κ2) is 10.1. The lowest BCUT2D eigenvalue weighted by Gasteiger charge is -2.19. The molecule has 2 aromatic carbocycles. The summed E-state index contributed by atoms with van der Waals surface area (Å²) in [5, 5.41) is 8.23. The molecule has 0 aromatic heterocycles. The first kappa shape index (κ1) is 25.4. The van der Waals surface area contributed by atoms with Crippen LogP contribution in [0.2, 0.25) is 0 Å². The van der Waals surface area contributed by atoms with Crippen molar-refractivity contribution < 1.29 is 41.0 Å². The smallest absolute Gasteiger partial charge is 0.422 e. The van der Waals surface area contributed by atoms with Gasteiger partial charge in [-0.2, -0.15) is 26.3 Å². The van der Waals surface area contributed by atoms with Crippen molar-refractivity contribution in [2.75, 3.05) is 12.3 Å². The number of ether oxygens (including phenoxy) is 1. The molecule has 0 saturated heterocycles. The number of benzene rings is 2. The number of carbonyl (C=O) groups is 1. The van der Waals surface area contributed by atoms with Gasteiger partial charge in [0, 0.05) is 0 Å². The predicted octanol–water partition coefficient (Wildman–Crippen LogP) is 6.33. The van der Waals surface area contributed by atoms with Crippen molar-refractivity contribution in [1.82, 2.24) is 0 Å². The van der Waals surface area contributed by atoms with E-state index in [2.05, 4.69) is 0 Å². The van der Waals surface area contributed by atoms with Crippen LogP contribution in [0.1, 0.15) is 37.3 Å². The number of aryl methyl sites for hydroxylation is 1. The molecular formula is C22H23F6NO3. The summed E-state index contributed by atoms with van der Waals surface area (Å²) in [5.41, 5.74) is 5.23. The summed E-state index contributed by atoms with van der Waals surface area (Å²) in [7, 11) is 0. The maximum absolute atomic E-state index is 13.2. The summed E-state index contributed by atoms with van der Waals surface area (Å²) in [6.45, 7) is 0.114. The van der Waals surface area contributed by atoms with Crippen molar-refractivity contribution >= 4 is 11.7 Å². The first-order chi connectivity index (χ1) is 14.8. The summed E-state index contributed by atoms with van der Waals surface area (Å²) in [5.74, 6) is -0.907. The summed E-state index contributed by atoms with van der Waals surface area (Å²) in [6.07, 6.45) is -5.95. The molecule has 1 aliphatic carbocycles. The Morgan fingerprint density at radius 1 is 1.12 bits per heavy atom. The van der Waals surface area contributed by atoms with Crippen molar-refractivity contribution in [3.8, 4) is 16.9 Å².